The topological polar surface area (TPSA) is 181 Å². The molecule has 5 atom stereocenters. The summed E-state index contributed by atoms with van der Waals surface area (Å²) in [5, 5.41) is 35.3. The molecule has 0 saturated carbocycles. The van der Waals surface area contributed by atoms with Crippen molar-refractivity contribution in [3.63, 3.8) is 0 Å². The van der Waals surface area contributed by atoms with E-state index in [1.54, 1.807) is 0 Å². The number of nitrogens with one attached hydrogen (secondary N) is 2. The van der Waals surface area contributed by atoms with Crippen molar-refractivity contribution < 1.29 is 34.4 Å². The zero-order valence-electron chi connectivity index (χ0n) is 21.2. The molecule has 4 aromatic rings. The second-order valence-corrected chi connectivity index (χ2v) is 9.21. The lowest BCUT2D eigenvalue weighted by Gasteiger charge is -2.19. The van der Waals surface area contributed by atoms with Crippen LogP contribution >= 0.6 is 0 Å². The first-order valence-corrected chi connectivity index (χ1v) is 12.6. The fourth-order valence-electron chi connectivity index (χ4n) is 4.41. The maximum atomic E-state index is 13.4. The molecule has 0 aliphatic carbocycles. The van der Waals surface area contributed by atoms with Crippen molar-refractivity contribution in [1.82, 2.24) is 24.8 Å². The number of ether oxygens (including phenoxy) is 2. The van der Waals surface area contributed by atoms with E-state index in [2.05, 4.69) is 25.6 Å². The molecule has 1 aliphatic heterocycles. The summed E-state index contributed by atoms with van der Waals surface area (Å²) in [7, 11) is 0. The quantitative estimate of drug-likeness (QED) is 0.202. The van der Waals surface area contributed by atoms with Crippen LogP contribution in [0.2, 0.25) is 0 Å². The highest BCUT2D eigenvalue weighted by atomic mass is 16.6. The molecule has 2 aromatic carbocycles. The number of hydrogen-bond acceptors (Lipinski definition) is 10. The van der Waals surface area contributed by atoms with Gasteiger partial charge in [0, 0.05) is 6.42 Å². The maximum Gasteiger partial charge on any atom is 0.408 e. The van der Waals surface area contributed by atoms with E-state index in [-0.39, 0.29) is 30.0 Å². The predicted octanol–water partition coefficient (Wildman–Crippen LogP) is 0.914. The number of carbonyl (C=O) groups excluding carboxylic acids is 2. The van der Waals surface area contributed by atoms with Gasteiger partial charge in [-0.25, -0.2) is 19.7 Å². The summed E-state index contributed by atoms with van der Waals surface area (Å²) in [4.78, 5) is 38.6. The molecule has 3 heterocycles. The van der Waals surface area contributed by atoms with Crippen molar-refractivity contribution in [3.05, 3.63) is 84.4 Å². The summed E-state index contributed by atoms with van der Waals surface area (Å²) in [5.74, 6) is -0.499. The standard InChI is InChI=1S/C27H28N6O7/c34-12-19-21(35)22(36)26(40-19)33-15-30-20-23(28-14-29-24(20)33)32-25(37)18(11-16-7-3-1-4-8-16)31-27(38)39-13-17-9-5-2-6-10-17/h1-10,14-15,18-19,21-22,26,34-36H,11-13H2,(H,31,38)(H,28,29,32,37)/t18-,19-,21-,22+,26-/m1/s1. The Morgan fingerprint density at radius 1 is 0.975 bits per heavy atom. The molecule has 13 heteroatoms. The van der Waals surface area contributed by atoms with Crippen molar-refractivity contribution >= 4 is 29.0 Å². The van der Waals surface area contributed by atoms with E-state index >= 15 is 0 Å². The van der Waals surface area contributed by atoms with Crippen molar-refractivity contribution in [3.8, 4) is 0 Å². The Bertz CT molecular complexity index is 1450. The minimum Gasteiger partial charge on any atom is -0.445 e. The van der Waals surface area contributed by atoms with E-state index < -0.39 is 49.2 Å². The Kier molecular flexibility index (Phi) is 8.26. The van der Waals surface area contributed by atoms with Crippen LogP contribution in [0, 0.1) is 0 Å². The largest absolute Gasteiger partial charge is 0.445 e. The number of anilines is 1. The van der Waals surface area contributed by atoms with Crippen LogP contribution in [0.15, 0.2) is 73.3 Å². The molecule has 2 amide bonds. The van der Waals surface area contributed by atoms with Gasteiger partial charge < -0.3 is 35.4 Å². The summed E-state index contributed by atoms with van der Waals surface area (Å²) in [6, 6.07) is 17.3. The Labute approximate surface area is 228 Å². The number of fused-ring (bicyclic) bond motifs is 1. The first-order chi connectivity index (χ1) is 19.4. The number of aromatic nitrogens is 4. The number of hydrogen-bond donors (Lipinski definition) is 5. The zero-order chi connectivity index (χ0) is 28.1. The normalized spacial score (nSPS) is 21.2. The van der Waals surface area contributed by atoms with Crippen LogP contribution < -0.4 is 10.6 Å². The Morgan fingerprint density at radius 3 is 2.35 bits per heavy atom. The number of amides is 2. The van der Waals surface area contributed by atoms with E-state index in [1.165, 1.54) is 17.2 Å². The molecule has 1 aliphatic rings. The number of benzene rings is 2. The van der Waals surface area contributed by atoms with Crippen molar-refractivity contribution in [2.45, 2.75) is 43.6 Å². The Hall–Kier alpha value is -4.43. The molecule has 1 saturated heterocycles. The van der Waals surface area contributed by atoms with Gasteiger partial charge in [0.1, 0.15) is 37.3 Å². The molecular formula is C27H28N6O7. The number of aliphatic hydroxyl groups excluding tert-OH is 3. The van der Waals surface area contributed by atoms with Crippen LogP contribution in [0.5, 0.6) is 0 Å². The minimum absolute atomic E-state index is 0.0389. The van der Waals surface area contributed by atoms with Crippen LogP contribution in [0.25, 0.3) is 11.2 Å². The summed E-state index contributed by atoms with van der Waals surface area (Å²) in [5.41, 5.74) is 2.02. The van der Waals surface area contributed by atoms with Gasteiger partial charge in [0.05, 0.1) is 12.9 Å². The summed E-state index contributed by atoms with van der Waals surface area (Å²) in [6.45, 7) is -0.446. The Balaban J connectivity index is 1.34. The van der Waals surface area contributed by atoms with E-state index in [1.807, 2.05) is 60.7 Å². The number of imidazole rings is 1. The summed E-state index contributed by atoms with van der Waals surface area (Å²) < 4.78 is 12.3. The number of alkyl carbamates (subject to hydrolysis) is 1. The molecule has 2 aromatic heterocycles. The number of aliphatic hydroxyl groups is 3. The SMILES string of the molecule is O=C(N[C@H](Cc1ccccc1)C(=O)Nc1ncnc2c1ncn2[C@@H]1O[C@H](CO)[C@@H](O)[C@@H]1O)OCc1ccccc1. The molecule has 13 nitrogen and oxygen atoms in total. The average Bonchev–Trinajstić information content (AvgIpc) is 3.53. The lowest BCUT2D eigenvalue weighted by atomic mass is 10.1. The molecule has 0 radical (unpaired) electrons. The van der Waals surface area contributed by atoms with E-state index in [4.69, 9.17) is 9.47 Å². The molecular weight excluding hydrogens is 520 g/mol. The third kappa shape index (κ3) is 5.92. The number of rotatable bonds is 9. The van der Waals surface area contributed by atoms with Gasteiger partial charge in [0.15, 0.2) is 23.2 Å². The van der Waals surface area contributed by atoms with Crippen molar-refractivity contribution in [2.24, 2.45) is 0 Å². The van der Waals surface area contributed by atoms with Gasteiger partial charge >= 0.3 is 6.09 Å². The number of carbonyl (C=O) groups is 2. The highest BCUT2D eigenvalue weighted by Gasteiger charge is 2.44. The van der Waals surface area contributed by atoms with Gasteiger partial charge in [-0.1, -0.05) is 60.7 Å². The minimum atomic E-state index is -1.34. The maximum absolute atomic E-state index is 13.4. The lowest BCUT2D eigenvalue weighted by molar-refractivity contribution is -0.118. The Morgan fingerprint density at radius 2 is 1.68 bits per heavy atom. The van der Waals surface area contributed by atoms with E-state index in [0.29, 0.717) is 0 Å². The highest BCUT2D eigenvalue weighted by molar-refractivity contribution is 6.00. The van der Waals surface area contributed by atoms with Crippen LogP contribution in [-0.4, -0.2) is 77.8 Å². The monoisotopic (exact) mass is 548 g/mol. The van der Waals surface area contributed by atoms with Gasteiger partial charge in [-0.05, 0) is 11.1 Å². The number of nitrogens with zero attached hydrogens (tertiary/aromatic N) is 4. The van der Waals surface area contributed by atoms with Gasteiger partial charge in [0.25, 0.3) is 0 Å². The molecule has 1 fully saturated rings. The smallest absolute Gasteiger partial charge is 0.408 e. The van der Waals surface area contributed by atoms with Crippen LogP contribution in [0.3, 0.4) is 0 Å². The van der Waals surface area contributed by atoms with E-state index in [0.717, 1.165) is 11.1 Å². The molecule has 0 spiro atoms. The van der Waals surface area contributed by atoms with Crippen LogP contribution in [-0.2, 0) is 27.3 Å². The average molecular weight is 549 g/mol. The molecule has 208 valence electrons. The second-order valence-electron chi connectivity index (χ2n) is 9.21. The molecule has 5 N–H and O–H groups in total. The third-order valence-corrected chi connectivity index (χ3v) is 6.50. The second kappa shape index (κ2) is 12.2. The first kappa shape index (κ1) is 27.1. The first-order valence-electron chi connectivity index (χ1n) is 12.6. The van der Waals surface area contributed by atoms with Gasteiger partial charge in [-0.15, -0.1) is 0 Å². The molecule has 0 unspecified atom stereocenters. The van der Waals surface area contributed by atoms with Crippen LogP contribution in [0.1, 0.15) is 17.4 Å². The predicted molar refractivity (Wildman–Crippen MR) is 141 cm³/mol. The molecule has 40 heavy (non-hydrogen) atoms. The lowest BCUT2D eigenvalue weighted by Crippen LogP contribution is -2.45. The van der Waals surface area contributed by atoms with Gasteiger partial charge in [-0.2, -0.15) is 0 Å². The van der Waals surface area contributed by atoms with Gasteiger partial charge in [0.2, 0.25) is 5.91 Å². The van der Waals surface area contributed by atoms with E-state index in [9.17, 15) is 24.9 Å². The van der Waals surface area contributed by atoms with Gasteiger partial charge in [-0.3, -0.25) is 9.36 Å². The van der Waals surface area contributed by atoms with Crippen molar-refractivity contribution in [2.75, 3.05) is 11.9 Å². The summed E-state index contributed by atoms with van der Waals surface area (Å²) >= 11 is 0. The molecule has 5 rings (SSSR count). The van der Waals surface area contributed by atoms with Crippen molar-refractivity contribution in [1.29, 1.82) is 0 Å². The highest BCUT2D eigenvalue weighted by Crippen LogP contribution is 2.32. The summed E-state index contributed by atoms with van der Waals surface area (Å²) in [6.07, 6.45) is -2.75. The fraction of sp³-hybridized carbons (Fsp3) is 0.296. The fourth-order valence-corrected chi connectivity index (χ4v) is 4.41. The van der Waals surface area contributed by atoms with Crippen LogP contribution in [0.4, 0.5) is 10.6 Å². The zero-order valence-corrected chi connectivity index (χ0v) is 21.2. The molecule has 0 bridgehead atoms. The third-order valence-electron chi connectivity index (χ3n) is 6.50.